The molecule has 0 aromatic heterocycles. The van der Waals surface area contributed by atoms with Crippen LogP contribution in [0.25, 0.3) is 0 Å². The molecule has 1 aliphatic rings. The lowest BCUT2D eigenvalue weighted by atomic mass is 10.2. The minimum absolute atomic E-state index is 0.0181. The molecule has 0 saturated carbocycles. The van der Waals surface area contributed by atoms with E-state index >= 15 is 0 Å². The number of hydrogen-bond donors (Lipinski definition) is 1. The van der Waals surface area contributed by atoms with Crippen molar-refractivity contribution in [2.24, 2.45) is 5.73 Å². The highest BCUT2D eigenvalue weighted by Gasteiger charge is 2.21. The minimum atomic E-state index is -0.0181. The first-order valence-corrected chi connectivity index (χ1v) is 2.94. The highest BCUT2D eigenvalue weighted by atomic mass is 16.7. The summed E-state index contributed by atoms with van der Waals surface area (Å²) in [5.41, 5.74) is 5.55. The maximum absolute atomic E-state index is 5.55. The third-order valence-electron chi connectivity index (χ3n) is 1.36. The van der Waals surface area contributed by atoms with E-state index in [0.717, 1.165) is 0 Å². The summed E-state index contributed by atoms with van der Waals surface area (Å²) in [5, 5.41) is 0. The molecule has 2 N–H and O–H groups in total. The lowest BCUT2D eigenvalue weighted by Crippen LogP contribution is -2.42. The standard InChI is InChI=1S/C6H11NO2/c1-4-6(7)3-8-5(2)9-4/h4,6H,2-3,7H2,1H3. The van der Waals surface area contributed by atoms with Crippen LogP contribution in [0.5, 0.6) is 0 Å². The van der Waals surface area contributed by atoms with Crippen molar-refractivity contribution in [3.8, 4) is 0 Å². The summed E-state index contributed by atoms with van der Waals surface area (Å²) < 4.78 is 9.98. The van der Waals surface area contributed by atoms with E-state index in [1.165, 1.54) is 0 Å². The van der Waals surface area contributed by atoms with Gasteiger partial charge in [0.2, 0.25) is 0 Å². The van der Waals surface area contributed by atoms with Gasteiger partial charge < -0.3 is 15.2 Å². The van der Waals surface area contributed by atoms with E-state index in [0.29, 0.717) is 12.6 Å². The summed E-state index contributed by atoms with van der Waals surface area (Å²) in [4.78, 5) is 0. The molecule has 9 heavy (non-hydrogen) atoms. The summed E-state index contributed by atoms with van der Waals surface area (Å²) in [7, 11) is 0. The fraction of sp³-hybridized carbons (Fsp3) is 0.667. The van der Waals surface area contributed by atoms with Gasteiger partial charge in [0.1, 0.15) is 12.7 Å². The predicted molar refractivity (Wildman–Crippen MR) is 33.6 cm³/mol. The first-order chi connectivity index (χ1) is 4.20. The van der Waals surface area contributed by atoms with E-state index in [1.807, 2.05) is 6.92 Å². The average molecular weight is 129 g/mol. The van der Waals surface area contributed by atoms with Gasteiger partial charge >= 0.3 is 0 Å². The fourth-order valence-corrected chi connectivity index (χ4v) is 0.653. The van der Waals surface area contributed by atoms with Crippen LogP contribution in [0, 0.1) is 0 Å². The molecule has 0 aromatic carbocycles. The molecule has 3 nitrogen and oxygen atoms in total. The molecule has 1 aliphatic heterocycles. The number of nitrogens with two attached hydrogens (primary N) is 1. The molecule has 0 aliphatic carbocycles. The van der Waals surface area contributed by atoms with Crippen LogP contribution in [-0.2, 0) is 9.47 Å². The van der Waals surface area contributed by atoms with Crippen molar-refractivity contribution in [1.82, 2.24) is 0 Å². The van der Waals surface area contributed by atoms with Gasteiger partial charge in [-0.3, -0.25) is 0 Å². The molecule has 1 rings (SSSR count). The predicted octanol–water partition coefficient (Wildman–Crippen LogP) is 0.220. The molecule has 52 valence electrons. The highest BCUT2D eigenvalue weighted by molar-refractivity contribution is 4.82. The second kappa shape index (κ2) is 2.27. The summed E-state index contributed by atoms with van der Waals surface area (Å²) in [6.07, 6.45) is 0.0336. The Labute approximate surface area is 54.4 Å². The molecule has 1 fully saturated rings. The normalized spacial score (nSPS) is 35.1. The molecular formula is C6H11NO2. The van der Waals surface area contributed by atoms with Gasteiger partial charge in [-0.2, -0.15) is 0 Å². The van der Waals surface area contributed by atoms with Crippen molar-refractivity contribution >= 4 is 0 Å². The zero-order valence-corrected chi connectivity index (χ0v) is 5.46. The van der Waals surface area contributed by atoms with Crippen molar-refractivity contribution < 1.29 is 9.47 Å². The van der Waals surface area contributed by atoms with Gasteiger partial charge in [-0.15, -0.1) is 0 Å². The largest absolute Gasteiger partial charge is 0.464 e. The molecule has 0 spiro atoms. The SMILES string of the molecule is C=C1OCC(N)C(C)O1. The van der Waals surface area contributed by atoms with Crippen LogP contribution < -0.4 is 5.73 Å². The third-order valence-corrected chi connectivity index (χ3v) is 1.36. The van der Waals surface area contributed by atoms with E-state index in [1.54, 1.807) is 0 Å². The Morgan fingerprint density at radius 1 is 1.78 bits per heavy atom. The van der Waals surface area contributed by atoms with Crippen molar-refractivity contribution in [1.29, 1.82) is 0 Å². The van der Waals surface area contributed by atoms with Gasteiger partial charge in [-0.05, 0) is 13.5 Å². The Hall–Kier alpha value is -0.700. The molecule has 1 saturated heterocycles. The van der Waals surface area contributed by atoms with Crippen molar-refractivity contribution in [2.75, 3.05) is 6.61 Å². The number of ether oxygens (including phenoxy) is 2. The van der Waals surface area contributed by atoms with E-state index in [4.69, 9.17) is 15.2 Å². The second-order valence-electron chi connectivity index (χ2n) is 2.17. The maximum atomic E-state index is 5.55. The fourth-order valence-electron chi connectivity index (χ4n) is 0.653. The van der Waals surface area contributed by atoms with Crippen LogP contribution >= 0.6 is 0 Å². The van der Waals surface area contributed by atoms with Crippen molar-refractivity contribution in [3.63, 3.8) is 0 Å². The Morgan fingerprint density at radius 2 is 2.44 bits per heavy atom. The molecule has 3 heteroatoms. The van der Waals surface area contributed by atoms with Crippen LogP contribution in [-0.4, -0.2) is 18.8 Å². The van der Waals surface area contributed by atoms with Crippen molar-refractivity contribution in [3.05, 3.63) is 12.5 Å². The summed E-state index contributed by atoms with van der Waals surface area (Å²) in [6.45, 7) is 5.91. The van der Waals surface area contributed by atoms with Crippen molar-refractivity contribution in [2.45, 2.75) is 19.1 Å². The summed E-state index contributed by atoms with van der Waals surface area (Å²) in [5.74, 6) is 0.379. The lowest BCUT2D eigenvalue weighted by Gasteiger charge is -2.27. The Balaban J connectivity index is 2.44. The molecular weight excluding hydrogens is 118 g/mol. The molecule has 2 unspecified atom stereocenters. The lowest BCUT2D eigenvalue weighted by molar-refractivity contribution is -0.0671. The molecule has 2 atom stereocenters. The molecule has 0 bridgehead atoms. The zero-order chi connectivity index (χ0) is 6.85. The first kappa shape index (κ1) is 6.42. The quantitative estimate of drug-likeness (QED) is 0.509. The van der Waals surface area contributed by atoms with E-state index in [9.17, 15) is 0 Å². The number of rotatable bonds is 0. The van der Waals surface area contributed by atoms with Crippen LogP contribution in [0.4, 0.5) is 0 Å². The van der Waals surface area contributed by atoms with Gasteiger partial charge in [-0.25, -0.2) is 0 Å². The van der Waals surface area contributed by atoms with Gasteiger partial charge in [0.25, 0.3) is 5.95 Å². The van der Waals surface area contributed by atoms with E-state index in [2.05, 4.69) is 6.58 Å². The Morgan fingerprint density at radius 3 is 2.89 bits per heavy atom. The van der Waals surface area contributed by atoms with Crippen LogP contribution in [0.1, 0.15) is 6.92 Å². The monoisotopic (exact) mass is 129 g/mol. The minimum Gasteiger partial charge on any atom is -0.464 e. The third kappa shape index (κ3) is 1.36. The molecule has 0 amide bonds. The van der Waals surface area contributed by atoms with Gasteiger partial charge in [0.05, 0.1) is 6.04 Å². The highest BCUT2D eigenvalue weighted by Crippen LogP contribution is 2.11. The number of hydrogen-bond acceptors (Lipinski definition) is 3. The van der Waals surface area contributed by atoms with Crippen LogP contribution in [0.2, 0.25) is 0 Å². The van der Waals surface area contributed by atoms with Gasteiger partial charge in [0.15, 0.2) is 0 Å². The second-order valence-corrected chi connectivity index (χ2v) is 2.17. The van der Waals surface area contributed by atoms with Crippen LogP contribution in [0.3, 0.4) is 0 Å². The zero-order valence-electron chi connectivity index (χ0n) is 5.46. The van der Waals surface area contributed by atoms with Gasteiger partial charge in [-0.1, -0.05) is 0 Å². The Bertz CT molecular complexity index is 124. The van der Waals surface area contributed by atoms with Gasteiger partial charge in [0, 0.05) is 0 Å². The summed E-state index contributed by atoms with van der Waals surface area (Å²) >= 11 is 0. The Kier molecular flexibility index (Phi) is 1.62. The molecule has 0 radical (unpaired) electrons. The molecule has 1 heterocycles. The van der Waals surface area contributed by atoms with E-state index < -0.39 is 0 Å². The molecule has 0 aromatic rings. The van der Waals surface area contributed by atoms with Crippen LogP contribution in [0.15, 0.2) is 12.5 Å². The first-order valence-electron chi connectivity index (χ1n) is 2.94. The maximum Gasteiger partial charge on any atom is 0.271 e. The van der Waals surface area contributed by atoms with E-state index in [-0.39, 0.29) is 12.1 Å². The topological polar surface area (TPSA) is 44.5 Å². The average Bonchev–Trinajstić information content (AvgIpc) is 1.80. The summed E-state index contributed by atoms with van der Waals surface area (Å²) in [6, 6.07) is -0.0181. The smallest absolute Gasteiger partial charge is 0.271 e.